The number of rotatable bonds is 5. The average Bonchev–Trinajstić information content (AvgIpc) is 2.76. The number of ether oxygens (including phenoxy) is 1. The van der Waals surface area contributed by atoms with E-state index in [0.717, 1.165) is 10.7 Å². The second kappa shape index (κ2) is 5.89. The van der Waals surface area contributed by atoms with E-state index >= 15 is 0 Å². The third kappa shape index (κ3) is 3.36. The summed E-state index contributed by atoms with van der Waals surface area (Å²) in [5, 5.41) is 15.2. The molecule has 0 saturated carbocycles. The second-order valence-corrected chi connectivity index (χ2v) is 5.46. The summed E-state index contributed by atoms with van der Waals surface area (Å²) in [5.74, 6) is 5.38. The maximum Gasteiger partial charge on any atom is 0.148 e. The summed E-state index contributed by atoms with van der Waals surface area (Å²) in [6.07, 6.45) is 1.35. The number of nitrogens with two attached hydrogens (primary N) is 1. The van der Waals surface area contributed by atoms with Crippen molar-refractivity contribution in [2.75, 3.05) is 32.2 Å². The van der Waals surface area contributed by atoms with Gasteiger partial charge in [0.05, 0.1) is 5.60 Å². The molecule has 2 rings (SSSR count). The van der Waals surface area contributed by atoms with E-state index in [0.29, 0.717) is 39.1 Å². The SMILES string of the molecule is CN(Cc1nnsc1NN)CC1(O)CCOCC1. The molecule has 0 unspecified atom stereocenters. The first-order chi connectivity index (χ1) is 8.63. The lowest BCUT2D eigenvalue weighted by Gasteiger charge is -2.35. The molecule has 0 atom stereocenters. The molecule has 0 aliphatic carbocycles. The maximum absolute atomic E-state index is 10.4. The number of nitrogen functional groups attached to an aromatic ring is 1. The molecule has 1 saturated heterocycles. The van der Waals surface area contributed by atoms with Crippen LogP contribution in [0.3, 0.4) is 0 Å². The zero-order valence-electron chi connectivity index (χ0n) is 10.4. The fourth-order valence-electron chi connectivity index (χ4n) is 2.15. The molecule has 0 radical (unpaired) electrons. The molecule has 0 spiro atoms. The van der Waals surface area contributed by atoms with E-state index in [9.17, 15) is 5.11 Å². The van der Waals surface area contributed by atoms with Crippen LogP contribution in [0.4, 0.5) is 5.00 Å². The lowest BCUT2D eigenvalue weighted by Crippen LogP contribution is -2.45. The van der Waals surface area contributed by atoms with Crippen molar-refractivity contribution in [2.24, 2.45) is 5.84 Å². The van der Waals surface area contributed by atoms with Gasteiger partial charge in [-0.3, -0.25) is 4.90 Å². The summed E-state index contributed by atoms with van der Waals surface area (Å²) in [4.78, 5) is 2.03. The van der Waals surface area contributed by atoms with Gasteiger partial charge in [0.1, 0.15) is 10.7 Å². The summed E-state index contributed by atoms with van der Waals surface area (Å²) in [7, 11) is 1.95. The summed E-state index contributed by atoms with van der Waals surface area (Å²) in [6, 6.07) is 0. The highest BCUT2D eigenvalue weighted by atomic mass is 32.1. The van der Waals surface area contributed by atoms with Gasteiger partial charge in [0.2, 0.25) is 0 Å². The number of hydrazine groups is 1. The Hall–Kier alpha value is -0.800. The highest BCUT2D eigenvalue weighted by Gasteiger charge is 2.31. The van der Waals surface area contributed by atoms with Crippen molar-refractivity contribution in [3.05, 3.63) is 5.69 Å². The minimum atomic E-state index is -0.660. The minimum absolute atomic E-state index is 0.595. The van der Waals surface area contributed by atoms with Gasteiger partial charge in [0, 0.05) is 50.7 Å². The predicted molar refractivity (Wildman–Crippen MR) is 69.1 cm³/mol. The van der Waals surface area contributed by atoms with Gasteiger partial charge in [-0.25, -0.2) is 5.84 Å². The Morgan fingerprint density at radius 1 is 1.56 bits per heavy atom. The van der Waals surface area contributed by atoms with E-state index in [-0.39, 0.29) is 0 Å². The minimum Gasteiger partial charge on any atom is -0.388 e. The smallest absolute Gasteiger partial charge is 0.148 e. The number of hydrogen-bond donors (Lipinski definition) is 3. The van der Waals surface area contributed by atoms with Crippen LogP contribution in [0.2, 0.25) is 0 Å². The standard InChI is InChI=1S/C10H19N5O2S/c1-15(6-8-9(12-11)18-14-13-8)7-10(16)2-4-17-5-3-10/h12,16H,2-7,11H2,1H3. The third-order valence-electron chi connectivity index (χ3n) is 3.09. The fourth-order valence-corrected chi connectivity index (χ4v) is 2.63. The van der Waals surface area contributed by atoms with Crippen LogP contribution in [0.5, 0.6) is 0 Å². The van der Waals surface area contributed by atoms with Crippen LogP contribution in [0, 0.1) is 0 Å². The Balaban J connectivity index is 1.90. The Morgan fingerprint density at radius 3 is 2.94 bits per heavy atom. The molecule has 4 N–H and O–H groups in total. The normalized spacial score (nSPS) is 19.1. The number of hydrogen-bond acceptors (Lipinski definition) is 8. The first kappa shape index (κ1) is 13.6. The topological polar surface area (TPSA) is 96.5 Å². The van der Waals surface area contributed by atoms with Crippen molar-refractivity contribution in [1.82, 2.24) is 14.5 Å². The van der Waals surface area contributed by atoms with Crippen LogP contribution < -0.4 is 11.3 Å². The molecule has 102 valence electrons. The van der Waals surface area contributed by atoms with Gasteiger partial charge in [-0.05, 0) is 7.05 Å². The molecular formula is C10H19N5O2S. The molecule has 1 aliphatic rings. The van der Waals surface area contributed by atoms with Crippen LogP contribution in [0.15, 0.2) is 0 Å². The number of aromatic nitrogens is 2. The van der Waals surface area contributed by atoms with Crippen molar-refractivity contribution in [3.63, 3.8) is 0 Å². The quantitative estimate of drug-likeness (QED) is 0.505. The van der Waals surface area contributed by atoms with Gasteiger partial charge >= 0.3 is 0 Å². The Labute approximate surface area is 110 Å². The maximum atomic E-state index is 10.4. The number of nitrogens with zero attached hydrogens (tertiary/aromatic N) is 3. The van der Waals surface area contributed by atoms with Gasteiger partial charge in [0.15, 0.2) is 0 Å². The highest BCUT2D eigenvalue weighted by Crippen LogP contribution is 2.23. The van der Waals surface area contributed by atoms with Crippen LogP contribution in [0.1, 0.15) is 18.5 Å². The molecule has 2 heterocycles. The van der Waals surface area contributed by atoms with Crippen molar-refractivity contribution in [3.8, 4) is 0 Å². The monoisotopic (exact) mass is 273 g/mol. The van der Waals surface area contributed by atoms with E-state index < -0.39 is 5.60 Å². The Bertz CT molecular complexity index is 380. The third-order valence-corrected chi connectivity index (χ3v) is 3.79. The van der Waals surface area contributed by atoms with E-state index in [1.54, 1.807) is 0 Å². The molecule has 0 bridgehead atoms. The summed E-state index contributed by atoms with van der Waals surface area (Å²) in [5.41, 5.74) is 2.72. The number of anilines is 1. The van der Waals surface area contributed by atoms with Crippen LogP contribution >= 0.6 is 11.5 Å². The number of likely N-dealkylation sites (N-methyl/N-ethyl adjacent to an activating group) is 1. The summed E-state index contributed by atoms with van der Waals surface area (Å²) < 4.78 is 9.11. The van der Waals surface area contributed by atoms with E-state index in [1.807, 2.05) is 11.9 Å². The van der Waals surface area contributed by atoms with E-state index in [1.165, 1.54) is 11.5 Å². The largest absolute Gasteiger partial charge is 0.388 e. The zero-order valence-corrected chi connectivity index (χ0v) is 11.2. The van der Waals surface area contributed by atoms with Crippen molar-refractivity contribution in [1.29, 1.82) is 0 Å². The first-order valence-corrected chi connectivity index (χ1v) is 6.67. The summed E-state index contributed by atoms with van der Waals surface area (Å²) >= 11 is 1.23. The van der Waals surface area contributed by atoms with Crippen LogP contribution in [-0.4, -0.2) is 52.0 Å². The molecule has 1 aromatic rings. The molecule has 7 nitrogen and oxygen atoms in total. The van der Waals surface area contributed by atoms with Crippen molar-refractivity contribution in [2.45, 2.75) is 25.0 Å². The number of nitrogens with one attached hydrogen (secondary N) is 1. The van der Waals surface area contributed by atoms with Gasteiger partial charge in [-0.2, -0.15) is 0 Å². The summed E-state index contributed by atoms with van der Waals surface area (Å²) in [6.45, 7) is 2.45. The first-order valence-electron chi connectivity index (χ1n) is 5.89. The molecule has 0 amide bonds. The van der Waals surface area contributed by atoms with Gasteiger partial charge in [-0.15, -0.1) is 5.10 Å². The average molecular weight is 273 g/mol. The van der Waals surface area contributed by atoms with Crippen molar-refractivity contribution >= 4 is 16.5 Å². The number of aliphatic hydroxyl groups is 1. The lowest BCUT2D eigenvalue weighted by molar-refractivity contribution is -0.0778. The molecule has 18 heavy (non-hydrogen) atoms. The van der Waals surface area contributed by atoms with Gasteiger partial charge in [0.25, 0.3) is 0 Å². The molecular weight excluding hydrogens is 254 g/mol. The lowest BCUT2D eigenvalue weighted by atomic mass is 9.94. The zero-order chi connectivity index (χ0) is 13.0. The Kier molecular flexibility index (Phi) is 4.46. The second-order valence-electron chi connectivity index (χ2n) is 4.70. The highest BCUT2D eigenvalue weighted by molar-refractivity contribution is 7.10. The molecule has 1 aromatic heterocycles. The molecule has 1 fully saturated rings. The van der Waals surface area contributed by atoms with Gasteiger partial charge in [-0.1, -0.05) is 4.49 Å². The molecule has 1 aliphatic heterocycles. The van der Waals surface area contributed by atoms with E-state index in [4.69, 9.17) is 10.6 Å². The van der Waals surface area contributed by atoms with E-state index in [2.05, 4.69) is 15.0 Å². The van der Waals surface area contributed by atoms with Crippen molar-refractivity contribution < 1.29 is 9.84 Å². The molecule has 0 aromatic carbocycles. The van der Waals surface area contributed by atoms with Crippen LogP contribution in [-0.2, 0) is 11.3 Å². The molecule has 8 heteroatoms. The fraction of sp³-hybridized carbons (Fsp3) is 0.800. The predicted octanol–water partition coefficient (Wildman–Crippen LogP) is -0.203. The Morgan fingerprint density at radius 2 is 2.28 bits per heavy atom. The van der Waals surface area contributed by atoms with Crippen LogP contribution in [0.25, 0.3) is 0 Å². The van der Waals surface area contributed by atoms with Gasteiger partial charge < -0.3 is 15.3 Å².